The molecule has 0 saturated carbocycles. The Hall–Kier alpha value is -1.73. The maximum Gasteiger partial charge on any atom is 0.246 e. The molecule has 0 aliphatic heterocycles. The molecule has 0 aliphatic carbocycles. The van der Waals surface area contributed by atoms with E-state index in [1.165, 1.54) is 18.2 Å². The molecule has 0 aromatic heterocycles. The number of hydrogen-bond acceptors (Lipinski definition) is 4. The average molecular weight is 285 g/mol. The highest BCUT2D eigenvalue weighted by Gasteiger charge is 2.11. The van der Waals surface area contributed by atoms with Crippen molar-refractivity contribution in [2.75, 3.05) is 17.1 Å². The number of hydrogen-bond donors (Lipinski definition) is 2. The molecule has 0 radical (unpaired) electrons. The van der Waals surface area contributed by atoms with Crippen molar-refractivity contribution in [1.82, 2.24) is 0 Å². The quantitative estimate of drug-likeness (QED) is 0.809. The molecule has 0 amide bonds. The van der Waals surface area contributed by atoms with Gasteiger partial charge in [-0.2, -0.15) is 5.26 Å². The maximum absolute atomic E-state index is 11.4. The summed E-state index contributed by atoms with van der Waals surface area (Å²) < 4.78 is 25.1. The van der Waals surface area contributed by atoms with Gasteiger partial charge in [-0.25, -0.2) is 8.42 Å². The summed E-state index contributed by atoms with van der Waals surface area (Å²) in [5.41, 5.74) is 0.550. The van der Waals surface area contributed by atoms with Crippen LogP contribution in [0.1, 0.15) is 5.56 Å². The first-order valence-corrected chi connectivity index (χ1v) is 6.78. The lowest BCUT2D eigenvalue weighted by molar-refractivity contribution is 0.350. The van der Waals surface area contributed by atoms with Crippen LogP contribution >= 0.6 is 11.6 Å². The predicted molar refractivity (Wildman–Crippen MR) is 68.4 cm³/mol. The van der Waals surface area contributed by atoms with Gasteiger partial charge >= 0.3 is 0 Å². The van der Waals surface area contributed by atoms with Gasteiger partial charge in [-0.05, 0) is 18.2 Å². The number of nitriles is 1. The first-order chi connectivity index (χ1) is 8.48. The minimum Gasteiger partial charge on any atom is -0.384 e. The van der Waals surface area contributed by atoms with E-state index in [0.29, 0.717) is 10.6 Å². The molecule has 0 bridgehead atoms. The summed E-state index contributed by atoms with van der Waals surface area (Å²) in [5, 5.41) is 17.4. The highest BCUT2D eigenvalue weighted by Crippen LogP contribution is 2.20. The Labute approximate surface area is 110 Å². The van der Waals surface area contributed by atoms with Crippen molar-refractivity contribution in [3.05, 3.63) is 28.8 Å². The highest BCUT2D eigenvalue weighted by molar-refractivity contribution is 7.92. The molecule has 0 fully saturated rings. The Bertz CT molecular complexity index is 638. The summed E-state index contributed by atoms with van der Waals surface area (Å²) >= 11 is 5.77. The molecule has 2 N–H and O–H groups in total. The van der Waals surface area contributed by atoms with Crippen LogP contribution in [0.25, 0.3) is 0 Å². The molecular formula is C11H9ClN2O3S. The molecule has 0 spiro atoms. The molecule has 0 aliphatic rings. The SMILES string of the molecule is N#CCS(=O)(=O)Nc1ccc(Cl)cc1C#CCO. The van der Waals surface area contributed by atoms with E-state index in [9.17, 15) is 8.42 Å². The first-order valence-electron chi connectivity index (χ1n) is 4.75. The van der Waals surface area contributed by atoms with Crippen LogP contribution in [0.15, 0.2) is 18.2 Å². The number of aliphatic hydroxyl groups is 1. The third kappa shape index (κ3) is 4.27. The molecule has 1 rings (SSSR count). The molecule has 0 heterocycles. The fourth-order valence-corrected chi connectivity index (χ4v) is 2.06. The van der Waals surface area contributed by atoms with Gasteiger partial charge in [0.15, 0.2) is 5.75 Å². The fraction of sp³-hybridized carbons (Fsp3) is 0.182. The van der Waals surface area contributed by atoms with Crippen molar-refractivity contribution in [3.8, 4) is 17.9 Å². The second-order valence-corrected chi connectivity index (χ2v) is 5.33. The molecule has 1 aromatic carbocycles. The van der Waals surface area contributed by atoms with Gasteiger partial charge in [-0.15, -0.1) is 0 Å². The number of rotatable bonds is 3. The lowest BCUT2D eigenvalue weighted by Crippen LogP contribution is -2.16. The van der Waals surface area contributed by atoms with E-state index in [1.807, 2.05) is 0 Å². The van der Waals surface area contributed by atoms with Crippen LogP contribution in [0.3, 0.4) is 0 Å². The van der Waals surface area contributed by atoms with Gasteiger partial charge < -0.3 is 5.11 Å². The zero-order chi connectivity index (χ0) is 13.6. The van der Waals surface area contributed by atoms with Crippen LogP contribution in [-0.2, 0) is 10.0 Å². The summed E-state index contributed by atoms with van der Waals surface area (Å²) in [5.74, 6) is 4.32. The molecule has 18 heavy (non-hydrogen) atoms. The predicted octanol–water partition coefficient (Wildman–Crippen LogP) is 0.949. The first kappa shape index (κ1) is 14.3. The highest BCUT2D eigenvalue weighted by atomic mass is 35.5. The summed E-state index contributed by atoms with van der Waals surface area (Å²) in [6.45, 7) is -0.350. The average Bonchev–Trinajstić information content (AvgIpc) is 2.29. The Morgan fingerprint density at radius 1 is 1.44 bits per heavy atom. The second kappa shape index (κ2) is 6.27. The molecule has 1 aromatic rings. The van der Waals surface area contributed by atoms with Crippen molar-refractivity contribution >= 4 is 27.3 Å². The zero-order valence-electron chi connectivity index (χ0n) is 9.14. The third-order valence-corrected chi connectivity index (χ3v) is 3.08. The minimum absolute atomic E-state index is 0.218. The van der Waals surface area contributed by atoms with Crippen LogP contribution in [-0.4, -0.2) is 25.9 Å². The molecule has 0 unspecified atom stereocenters. The normalized spacial score (nSPS) is 10.1. The van der Waals surface area contributed by atoms with Crippen molar-refractivity contribution in [1.29, 1.82) is 5.26 Å². The second-order valence-electron chi connectivity index (χ2n) is 3.17. The molecule has 94 valence electrons. The Kier molecular flexibility index (Phi) is 4.99. The topological polar surface area (TPSA) is 90.2 Å². The molecular weight excluding hydrogens is 276 g/mol. The summed E-state index contributed by atoms with van der Waals surface area (Å²) in [4.78, 5) is 0. The standard InChI is InChI=1S/C11H9ClN2O3S/c12-10-3-4-11(9(8-10)2-1-6-15)14-18(16,17)7-5-13/h3-4,8,14-15H,6-7H2. The van der Waals surface area contributed by atoms with Crippen molar-refractivity contribution in [3.63, 3.8) is 0 Å². The fourth-order valence-electron chi connectivity index (χ4n) is 1.13. The van der Waals surface area contributed by atoms with Gasteiger partial charge in [-0.3, -0.25) is 4.72 Å². The van der Waals surface area contributed by atoms with Gasteiger partial charge in [0, 0.05) is 5.02 Å². The molecule has 0 saturated heterocycles. The third-order valence-electron chi connectivity index (χ3n) is 1.80. The Morgan fingerprint density at radius 2 is 2.17 bits per heavy atom. The van der Waals surface area contributed by atoms with E-state index in [4.69, 9.17) is 22.0 Å². The molecule has 5 nitrogen and oxygen atoms in total. The van der Waals surface area contributed by atoms with Crippen molar-refractivity contribution in [2.45, 2.75) is 0 Å². The van der Waals surface area contributed by atoms with Gasteiger partial charge in [0.25, 0.3) is 0 Å². The molecule has 0 atom stereocenters. The smallest absolute Gasteiger partial charge is 0.246 e. The van der Waals surface area contributed by atoms with Crippen molar-refractivity contribution in [2.24, 2.45) is 0 Å². The van der Waals surface area contributed by atoms with E-state index in [-0.39, 0.29) is 12.3 Å². The monoisotopic (exact) mass is 284 g/mol. The number of halogens is 1. The van der Waals surface area contributed by atoms with Gasteiger partial charge in [0.05, 0.1) is 17.3 Å². The van der Waals surface area contributed by atoms with Crippen LogP contribution in [0, 0.1) is 23.2 Å². The van der Waals surface area contributed by atoms with Gasteiger partial charge in [-0.1, -0.05) is 23.4 Å². The van der Waals surface area contributed by atoms with E-state index in [0.717, 1.165) is 0 Å². The number of benzene rings is 1. The van der Waals surface area contributed by atoms with Crippen LogP contribution < -0.4 is 4.72 Å². The zero-order valence-corrected chi connectivity index (χ0v) is 10.7. The largest absolute Gasteiger partial charge is 0.384 e. The van der Waals surface area contributed by atoms with Crippen LogP contribution in [0.4, 0.5) is 5.69 Å². The van der Waals surface area contributed by atoms with E-state index >= 15 is 0 Å². The number of nitrogens with zero attached hydrogens (tertiary/aromatic N) is 1. The maximum atomic E-state index is 11.4. The Balaban J connectivity index is 3.14. The van der Waals surface area contributed by atoms with Crippen molar-refractivity contribution < 1.29 is 13.5 Å². The number of nitrogens with one attached hydrogen (secondary N) is 1. The lowest BCUT2D eigenvalue weighted by Gasteiger charge is -2.07. The Morgan fingerprint density at radius 3 is 2.78 bits per heavy atom. The molecule has 7 heteroatoms. The van der Waals surface area contributed by atoms with Crippen LogP contribution in [0.2, 0.25) is 5.02 Å². The number of aliphatic hydroxyl groups excluding tert-OH is 1. The summed E-state index contributed by atoms with van der Waals surface area (Å²) in [6.07, 6.45) is 0. The van der Waals surface area contributed by atoms with Crippen LogP contribution in [0.5, 0.6) is 0 Å². The van der Waals surface area contributed by atoms with Gasteiger partial charge in [0.1, 0.15) is 6.61 Å². The minimum atomic E-state index is -3.73. The lowest BCUT2D eigenvalue weighted by atomic mass is 10.2. The van der Waals surface area contributed by atoms with Gasteiger partial charge in [0.2, 0.25) is 10.0 Å². The van der Waals surface area contributed by atoms with E-state index in [2.05, 4.69) is 16.6 Å². The number of sulfonamides is 1. The van der Waals surface area contributed by atoms with E-state index < -0.39 is 15.8 Å². The van der Waals surface area contributed by atoms with E-state index in [1.54, 1.807) is 6.07 Å². The number of anilines is 1. The summed E-state index contributed by atoms with van der Waals surface area (Å²) in [7, 11) is -3.73. The summed E-state index contributed by atoms with van der Waals surface area (Å²) in [6, 6.07) is 5.96.